The molecule has 2 rings (SSSR count). The van der Waals surface area contributed by atoms with Crippen LogP contribution in [0.5, 0.6) is 0 Å². The van der Waals surface area contributed by atoms with Crippen LogP contribution < -0.4 is 11.3 Å². The molecule has 0 aliphatic carbocycles. The van der Waals surface area contributed by atoms with Gasteiger partial charge in [0, 0.05) is 30.8 Å². The number of carbonyl (C=O) groups excluding carboxylic acids is 1. The van der Waals surface area contributed by atoms with Crippen LogP contribution >= 0.6 is 0 Å². The molecule has 5 heteroatoms. The number of nitrogen functional groups attached to an aromatic ring is 1. The van der Waals surface area contributed by atoms with Gasteiger partial charge in [-0.1, -0.05) is 13.8 Å². The van der Waals surface area contributed by atoms with Gasteiger partial charge in [0.1, 0.15) is 5.82 Å². The number of rotatable bonds is 3. The second kappa shape index (κ2) is 5.67. The van der Waals surface area contributed by atoms with Gasteiger partial charge in [0.05, 0.1) is 0 Å². The molecule has 1 fully saturated rings. The number of hydrogen-bond donors (Lipinski definition) is 2. The number of nitrogens with zero attached hydrogens (tertiary/aromatic N) is 1. The van der Waals surface area contributed by atoms with E-state index in [0.29, 0.717) is 29.5 Å². The van der Waals surface area contributed by atoms with Crippen molar-refractivity contribution >= 4 is 5.91 Å². The van der Waals surface area contributed by atoms with Crippen molar-refractivity contribution in [3.05, 3.63) is 35.1 Å². The summed E-state index contributed by atoms with van der Waals surface area (Å²) in [5.74, 6) is 5.66. The molecule has 0 aromatic heterocycles. The summed E-state index contributed by atoms with van der Waals surface area (Å²) in [7, 11) is 0. The van der Waals surface area contributed by atoms with Crippen molar-refractivity contribution in [2.45, 2.75) is 20.4 Å². The van der Waals surface area contributed by atoms with Crippen LogP contribution in [0.2, 0.25) is 0 Å². The minimum atomic E-state index is -0.399. The Kier molecular flexibility index (Phi) is 4.17. The molecule has 0 saturated carbocycles. The zero-order valence-electron chi connectivity index (χ0n) is 11.3. The number of halogens is 1. The standard InChI is InChI=1S/C14H20FN3O/c1-9-6-18(7-10(9)2)8-12-5-11(14(19)17-16)3-4-13(12)15/h3-5,9-10H,6-8,16H2,1-2H3,(H,17,19). The van der Waals surface area contributed by atoms with Gasteiger partial charge < -0.3 is 0 Å². The van der Waals surface area contributed by atoms with E-state index in [4.69, 9.17) is 5.84 Å². The van der Waals surface area contributed by atoms with Gasteiger partial charge in [0.25, 0.3) is 5.91 Å². The number of hydrogen-bond acceptors (Lipinski definition) is 3. The molecule has 1 aromatic rings. The highest BCUT2D eigenvalue weighted by Crippen LogP contribution is 2.24. The van der Waals surface area contributed by atoms with E-state index in [0.717, 1.165) is 13.1 Å². The molecule has 3 N–H and O–H groups in total. The van der Waals surface area contributed by atoms with E-state index in [1.807, 2.05) is 0 Å². The first-order chi connectivity index (χ1) is 9.01. The lowest BCUT2D eigenvalue weighted by Gasteiger charge is -2.16. The number of nitrogens with one attached hydrogen (secondary N) is 1. The van der Waals surface area contributed by atoms with Crippen LogP contribution in [-0.4, -0.2) is 23.9 Å². The van der Waals surface area contributed by atoms with Gasteiger partial charge in [0.2, 0.25) is 0 Å². The Hall–Kier alpha value is -1.46. The first kappa shape index (κ1) is 14.0. The zero-order valence-corrected chi connectivity index (χ0v) is 11.3. The average Bonchev–Trinajstić information content (AvgIpc) is 2.70. The molecule has 1 aliphatic heterocycles. The fourth-order valence-corrected chi connectivity index (χ4v) is 2.54. The quantitative estimate of drug-likeness (QED) is 0.495. The van der Waals surface area contributed by atoms with Crippen molar-refractivity contribution in [1.82, 2.24) is 10.3 Å². The summed E-state index contributed by atoms with van der Waals surface area (Å²) in [4.78, 5) is 13.7. The molecule has 0 radical (unpaired) electrons. The Morgan fingerprint density at radius 1 is 1.42 bits per heavy atom. The number of hydrazine groups is 1. The zero-order chi connectivity index (χ0) is 14.0. The molecule has 1 amide bonds. The number of amides is 1. The molecular weight excluding hydrogens is 245 g/mol. The van der Waals surface area contributed by atoms with Crippen LogP contribution in [0.15, 0.2) is 18.2 Å². The monoisotopic (exact) mass is 265 g/mol. The summed E-state index contributed by atoms with van der Waals surface area (Å²) in [6, 6.07) is 4.34. The highest BCUT2D eigenvalue weighted by molar-refractivity contribution is 5.93. The summed E-state index contributed by atoms with van der Waals surface area (Å²) >= 11 is 0. The van der Waals surface area contributed by atoms with Gasteiger partial charge in [0.15, 0.2) is 0 Å². The van der Waals surface area contributed by atoms with E-state index >= 15 is 0 Å². The third kappa shape index (κ3) is 3.11. The van der Waals surface area contributed by atoms with Crippen molar-refractivity contribution in [2.24, 2.45) is 17.7 Å². The molecule has 104 valence electrons. The molecule has 2 atom stereocenters. The highest BCUT2D eigenvalue weighted by Gasteiger charge is 2.26. The lowest BCUT2D eigenvalue weighted by molar-refractivity contribution is 0.0953. The molecule has 4 nitrogen and oxygen atoms in total. The van der Waals surface area contributed by atoms with Crippen molar-refractivity contribution in [3.8, 4) is 0 Å². The second-order valence-corrected chi connectivity index (χ2v) is 5.43. The van der Waals surface area contributed by atoms with Crippen molar-refractivity contribution in [3.63, 3.8) is 0 Å². The van der Waals surface area contributed by atoms with E-state index in [1.54, 1.807) is 6.07 Å². The lowest BCUT2D eigenvalue weighted by atomic mass is 10.0. The van der Waals surface area contributed by atoms with Gasteiger partial charge in [-0.2, -0.15) is 0 Å². The van der Waals surface area contributed by atoms with Gasteiger partial charge in [-0.25, -0.2) is 10.2 Å². The maximum atomic E-state index is 13.8. The van der Waals surface area contributed by atoms with E-state index in [9.17, 15) is 9.18 Å². The maximum absolute atomic E-state index is 13.8. The average molecular weight is 265 g/mol. The van der Waals surface area contributed by atoms with E-state index < -0.39 is 5.91 Å². The molecule has 1 saturated heterocycles. The van der Waals surface area contributed by atoms with Crippen LogP contribution in [0.3, 0.4) is 0 Å². The highest BCUT2D eigenvalue weighted by atomic mass is 19.1. The predicted molar refractivity (Wildman–Crippen MR) is 71.7 cm³/mol. The molecule has 0 spiro atoms. The first-order valence-corrected chi connectivity index (χ1v) is 6.53. The number of carbonyl (C=O) groups is 1. The molecule has 0 bridgehead atoms. The largest absolute Gasteiger partial charge is 0.298 e. The first-order valence-electron chi connectivity index (χ1n) is 6.53. The summed E-state index contributed by atoms with van der Waals surface area (Å²) < 4.78 is 13.8. The van der Waals surface area contributed by atoms with Gasteiger partial charge in [-0.15, -0.1) is 0 Å². The van der Waals surface area contributed by atoms with Crippen LogP contribution in [0.25, 0.3) is 0 Å². The summed E-state index contributed by atoms with van der Waals surface area (Å²) in [6.45, 7) is 6.88. The van der Waals surface area contributed by atoms with Gasteiger partial charge in [-0.05, 0) is 30.0 Å². The fraction of sp³-hybridized carbons (Fsp3) is 0.500. The molecule has 2 unspecified atom stereocenters. The van der Waals surface area contributed by atoms with Crippen molar-refractivity contribution in [1.29, 1.82) is 0 Å². The molecule has 1 aromatic carbocycles. The minimum absolute atomic E-state index is 0.277. The van der Waals surface area contributed by atoms with E-state index in [-0.39, 0.29) is 5.82 Å². The Bertz CT molecular complexity index is 468. The van der Waals surface area contributed by atoms with E-state index in [2.05, 4.69) is 24.2 Å². The molecule has 1 heterocycles. The smallest absolute Gasteiger partial charge is 0.265 e. The SMILES string of the molecule is CC1CN(Cc2cc(C(=O)NN)ccc2F)CC1C. The Balaban J connectivity index is 2.13. The minimum Gasteiger partial charge on any atom is -0.298 e. The maximum Gasteiger partial charge on any atom is 0.265 e. The Labute approximate surface area is 112 Å². The molecule has 19 heavy (non-hydrogen) atoms. The third-order valence-corrected chi connectivity index (χ3v) is 3.90. The van der Waals surface area contributed by atoms with Crippen LogP contribution in [0.4, 0.5) is 4.39 Å². The Morgan fingerprint density at radius 2 is 2.05 bits per heavy atom. The summed E-state index contributed by atoms with van der Waals surface area (Å²) in [6.07, 6.45) is 0. The fourth-order valence-electron chi connectivity index (χ4n) is 2.54. The number of likely N-dealkylation sites (tertiary alicyclic amines) is 1. The topological polar surface area (TPSA) is 58.4 Å². The molecule has 1 aliphatic rings. The van der Waals surface area contributed by atoms with Crippen molar-refractivity contribution in [2.75, 3.05) is 13.1 Å². The lowest BCUT2D eigenvalue weighted by Crippen LogP contribution is -2.30. The van der Waals surface area contributed by atoms with Gasteiger partial charge in [-0.3, -0.25) is 15.1 Å². The van der Waals surface area contributed by atoms with Crippen LogP contribution in [0, 0.1) is 17.7 Å². The second-order valence-electron chi connectivity index (χ2n) is 5.43. The van der Waals surface area contributed by atoms with Crippen molar-refractivity contribution < 1.29 is 9.18 Å². The van der Waals surface area contributed by atoms with Crippen LogP contribution in [-0.2, 0) is 6.54 Å². The predicted octanol–water partition coefficient (Wildman–Crippen LogP) is 1.52. The summed E-state index contributed by atoms with van der Waals surface area (Å²) in [5.41, 5.74) is 2.99. The number of nitrogens with two attached hydrogens (primary N) is 1. The third-order valence-electron chi connectivity index (χ3n) is 3.90. The number of benzene rings is 1. The normalized spacial score (nSPS) is 23.6. The van der Waals surface area contributed by atoms with Crippen LogP contribution in [0.1, 0.15) is 29.8 Å². The summed E-state index contributed by atoms with van der Waals surface area (Å²) in [5, 5.41) is 0. The van der Waals surface area contributed by atoms with Gasteiger partial charge >= 0.3 is 0 Å². The Morgan fingerprint density at radius 3 is 2.63 bits per heavy atom. The molecular formula is C14H20FN3O. The van der Waals surface area contributed by atoms with E-state index in [1.165, 1.54) is 12.1 Å².